The van der Waals surface area contributed by atoms with Crippen LogP contribution in [0.5, 0.6) is 5.75 Å². The number of carbonyl (C=O) groups excluding carboxylic acids is 7. The second-order valence-electron chi connectivity index (χ2n) is 37.3. The van der Waals surface area contributed by atoms with Gasteiger partial charge in [0.2, 0.25) is 0 Å². The van der Waals surface area contributed by atoms with Gasteiger partial charge < -0.3 is 33.2 Å². The van der Waals surface area contributed by atoms with E-state index in [0.717, 1.165) is 73.1 Å². The molecule has 0 unspecified atom stereocenters. The number of esters is 6. The fraction of sp³-hybridized carbons (Fsp3) is 0.690. The second-order valence-corrected chi connectivity index (χ2v) is 37.9. The fourth-order valence-electron chi connectivity index (χ4n) is 8.58. The molecule has 0 atom stereocenters. The maximum atomic E-state index is 12.0. The van der Waals surface area contributed by atoms with Crippen molar-refractivity contribution in [1.82, 2.24) is 8.75 Å². The minimum Gasteiger partial charge on any atom is -0.494 e. The first-order chi connectivity index (χ1) is 47.1. The summed E-state index contributed by atoms with van der Waals surface area (Å²) in [6, 6.07) is 22.8. The van der Waals surface area contributed by atoms with E-state index >= 15 is 0 Å². The number of hydrogen-bond acceptors (Lipinski definition) is 17. The topological polar surface area (TPSA) is 210 Å². The van der Waals surface area contributed by atoms with Crippen LogP contribution in [-0.4, -0.2) is 89.5 Å². The number of carbonyl (C=O) groups is 7. The van der Waals surface area contributed by atoms with Gasteiger partial charge >= 0.3 is 35.8 Å². The van der Waals surface area contributed by atoms with Gasteiger partial charge in [0.05, 0.1) is 82.0 Å². The Balaban J connectivity index is -0.000000555. The van der Waals surface area contributed by atoms with E-state index in [2.05, 4.69) is 128 Å². The summed E-state index contributed by atoms with van der Waals surface area (Å²) in [6.45, 7) is 67.6. The van der Waals surface area contributed by atoms with Gasteiger partial charge in [-0.3, -0.25) is 28.8 Å². The number of rotatable bonds is 21. The van der Waals surface area contributed by atoms with Gasteiger partial charge in [-0.2, -0.15) is 8.75 Å². The third-order valence-electron chi connectivity index (χ3n) is 13.3. The van der Waals surface area contributed by atoms with E-state index in [0.29, 0.717) is 80.2 Å². The summed E-state index contributed by atoms with van der Waals surface area (Å²) in [5, 5.41) is 0. The highest BCUT2D eigenvalue weighted by molar-refractivity contribution is 6.99. The van der Waals surface area contributed by atoms with E-state index in [4.69, 9.17) is 23.7 Å². The minimum atomic E-state index is -0.359. The SMILES string of the molecule is CC(C)(C)CC(=O)OC(C)(C)C.CC(C)(C)CCCCC(=O)OCc1ccccc1.CC(C)(C)Cc1cnsn1.CC(C)OC(=O)CC(C)(C)C.CCOC(=O)CC(C)(C)C.COC(=O)CCCC(C)(C)C.COC(=O)c1ccc(OCCC(C)(C)C)cc1.Cc1ccc(C(=O)CC(C)(C)C)c(C)c1. The molecule has 0 aliphatic carbocycles. The summed E-state index contributed by atoms with van der Waals surface area (Å²) in [4.78, 5) is 78.5. The standard InChI is InChI=1S/C16H24O2.C14H20O3.C14H20O.C10H20O2.2C9H18O2.C8H16O2.C7H12N2S/c1-16(2,3)12-8-7-11-15(17)18-13-14-9-5-4-6-10-14;1-14(2,3)9-10-17-12-7-5-11(6-8-12)13(15)16-4;1-10-6-7-12(11(2)8-10)13(15)9-14(3,4)5;1-9(2,3)7-8(11)12-10(4,5)6;1-7(2)11-8(10)6-9(3,4)5;1-9(2,3)7-5-6-8(10)11-4;1-5-10-7(9)6-8(2,3)4;1-7(2,3)4-6-5-8-10-9-6/h4-6,9-10H,7-8,11-13H2,1-3H3;5-8H,9-10H2,1-4H3;6-8H,9H2,1-5H3;7H2,1-6H3;7H,6H2,1-5H3;5-7H2,1-4H3;5-6H2,1-4H3;5H,4H2,1-3H3. The van der Waals surface area contributed by atoms with Crippen LogP contribution in [0.3, 0.4) is 0 Å². The van der Waals surface area contributed by atoms with Gasteiger partial charge in [-0.25, -0.2) is 4.79 Å². The lowest BCUT2D eigenvalue weighted by Gasteiger charge is -2.23. The van der Waals surface area contributed by atoms with Gasteiger partial charge in [0.1, 0.15) is 18.0 Å². The molecule has 0 saturated carbocycles. The van der Waals surface area contributed by atoms with Gasteiger partial charge in [-0.1, -0.05) is 227 Å². The zero-order valence-corrected chi connectivity index (χ0v) is 72.7. The monoisotopic (exact) mass is 1480 g/mol. The van der Waals surface area contributed by atoms with Crippen LogP contribution in [0.4, 0.5) is 0 Å². The number of benzene rings is 3. The van der Waals surface area contributed by atoms with Crippen molar-refractivity contribution in [2.75, 3.05) is 27.4 Å². The fourth-order valence-corrected chi connectivity index (χ4v) is 9.01. The van der Waals surface area contributed by atoms with Crippen LogP contribution in [-0.2, 0) is 65.4 Å². The summed E-state index contributed by atoms with van der Waals surface area (Å²) >= 11 is 1.28. The number of unbranched alkanes of at least 4 members (excludes halogenated alkanes) is 1. The Kier molecular flexibility index (Phi) is 50.8. The maximum Gasteiger partial charge on any atom is 0.337 e. The molecule has 16 nitrogen and oxygen atoms in total. The van der Waals surface area contributed by atoms with Crippen LogP contribution in [0.2, 0.25) is 0 Å². The highest BCUT2D eigenvalue weighted by Crippen LogP contribution is 2.27. The summed E-state index contributed by atoms with van der Waals surface area (Å²) in [5.74, 6) is 0.188. The lowest BCUT2D eigenvalue weighted by atomic mass is 9.86. The summed E-state index contributed by atoms with van der Waals surface area (Å²) in [6.07, 6.45) is 12.2. The summed E-state index contributed by atoms with van der Waals surface area (Å²) in [5.41, 5.74) is 6.94. The van der Waals surface area contributed by atoms with Gasteiger partial charge in [0.25, 0.3) is 0 Å². The predicted molar refractivity (Wildman–Crippen MR) is 430 cm³/mol. The molecule has 3 aromatic carbocycles. The molecule has 0 fully saturated rings. The largest absolute Gasteiger partial charge is 0.494 e. The molecule has 4 aromatic rings. The molecule has 0 bridgehead atoms. The Labute approximate surface area is 637 Å². The Morgan fingerprint density at radius 1 is 0.481 bits per heavy atom. The second kappa shape index (κ2) is 50.9. The molecule has 0 spiro atoms. The molecule has 17 heteroatoms. The van der Waals surface area contributed by atoms with E-state index in [-0.39, 0.29) is 80.4 Å². The van der Waals surface area contributed by atoms with Crippen molar-refractivity contribution >= 4 is 53.3 Å². The average molecular weight is 1480 g/mol. The van der Waals surface area contributed by atoms with Gasteiger partial charge in [-0.05, 0) is 173 Å². The Bertz CT molecular complexity index is 2960. The molecule has 596 valence electrons. The molecule has 0 saturated heterocycles. The lowest BCUT2D eigenvalue weighted by molar-refractivity contribution is -0.157. The molecule has 0 amide bonds. The van der Waals surface area contributed by atoms with E-state index < -0.39 is 0 Å². The molecular weight excluding hydrogens is 1330 g/mol. The number of hydrogen-bond donors (Lipinski definition) is 0. The van der Waals surface area contributed by atoms with Crippen LogP contribution in [0, 0.1) is 57.2 Å². The molecule has 4 rings (SSSR count). The van der Waals surface area contributed by atoms with Crippen molar-refractivity contribution in [2.45, 2.75) is 323 Å². The molecule has 0 N–H and O–H groups in total. The number of aromatic nitrogens is 2. The smallest absolute Gasteiger partial charge is 0.337 e. The van der Waals surface area contributed by atoms with Gasteiger partial charge in [-0.15, -0.1) is 0 Å². The summed E-state index contributed by atoms with van der Waals surface area (Å²) in [7, 11) is 2.80. The summed E-state index contributed by atoms with van der Waals surface area (Å²) < 4.78 is 43.0. The van der Waals surface area contributed by atoms with Gasteiger partial charge in [0, 0.05) is 24.8 Å². The molecular formula is C87H148N2O14S. The normalized spacial score (nSPS) is 11.6. The lowest BCUT2D eigenvalue weighted by Crippen LogP contribution is -2.26. The van der Waals surface area contributed by atoms with Crippen molar-refractivity contribution in [3.63, 3.8) is 0 Å². The zero-order chi connectivity index (χ0) is 81.7. The molecule has 0 aliphatic rings. The molecule has 0 radical (unpaired) electrons. The van der Waals surface area contributed by atoms with Crippen LogP contribution in [0.15, 0.2) is 79.0 Å². The van der Waals surface area contributed by atoms with Crippen LogP contribution >= 0.6 is 11.7 Å². The molecule has 1 heterocycles. The van der Waals surface area contributed by atoms with Crippen molar-refractivity contribution < 1.29 is 66.7 Å². The van der Waals surface area contributed by atoms with Crippen LogP contribution < -0.4 is 4.74 Å². The zero-order valence-electron chi connectivity index (χ0n) is 71.9. The number of ether oxygens (including phenoxy) is 7. The van der Waals surface area contributed by atoms with E-state index in [9.17, 15) is 33.6 Å². The first-order valence-corrected chi connectivity index (χ1v) is 37.8. The number of nitrogens with zero attached hydrogens (tertiary/aromatic N) is 2. The van der Waals surface area contributed by atoms with Crippen molar-refractivity contribution in [1.29, 1.82) is 0 Å². The third-order valence-corrected chi connectivity index (χ3v) is 13.9. The van der Waals surface area contributed by atoms with Crippen molar-refractivity contribution in [3.05, 3.63) is 113 Å². The average Bonchev–Trinajstić information content (AvgIpc) is 0.955. The van der Waals surface area contributed by atoms with E-state index in [1.807, 2.05) is 166 Å². The number of ketones is 1. The predicted octanol–water partition coefficient (Wildman–Crippen LogP) is 23.2. The number of methoxy groups -OCH3 is 2. The van der Waals surface area contributed by atoms with E-state index in [1.165, 1.54) is 31.5 Å². The number of Topliss-reactive ketones (excluding diaryl/α,β-unsaturated/α-hetero) is 1. The van der Waals surface area contributed by atoms with Crippen molar-refractivity contribution in [2.24, 2.45) is 43.3 Å². The van der Waals surface area contributed by atoms with Crippen molar-refractivity contribution in [3.8, 4) is 5.75 Å². The van der Waals surface area contributed by atoms with Gasteiger partial charge in [0.15, 0.2) is 5.78 Å². The first kappa shape index (κ1) is 104. The Morgan fingerprint density at radius 2 is 0.962 bits per heavy atom. The van der Waals surface area contributed by atoms with Crippen LogP contribution in [0.1, 0.15) is 328 Å². The minimum absolute atomic E-state index is 0.00449. The Morgan fingerprint density at radius 3 is 1.38 bits per heavy atom. The quantitative estimate of drug-likeness (QED) is 0.0329. The highest BCUT2D eigenvalue weighted by atomic mass is 32.1. The number of aryl methyl sites for hydroxylation is 2. The maximum absolute atomic E-state index is 12.0. The first-order valence-electron chi connectivity index (χ1n) is 37.1. The molecule has 1 aromatic heterocycles. The molecule has 0 aliphatic heterocycles. The highest BCUT2D eigenvalue weighted by Gasteiger charge is 2.23. The van der Waals surface area contributed by atoms with Crippen LogP contribution in [0.25, 0.3) is 0 Å². The third kappa shape index (κ3) is 73.8. The van der Waals surface area contributed by atoms with E-state index in [1.54, 1.807) is 24.3 Å². The Hall–Kier alpha value is -6.49. The molecule has 104 heavy (non-hydrogen) atoms.